The molecule has 0 fully saturated rings. The van der Waals surface area contributed by atoms with Crippen LogP contribution < -0.4 is 11.1 Å². The number of amides is 1. The van der Waals surface area contributed by atoms with E-state index in [0.717, 1.165) is 20.7 Å². The fourth-order valence-corrected chi connectivity index (χ4v) is 3.71. The predicted octanol–water partition coefficient (Wildman–Crippen LogP) is 4.41. The second-order valence-electron chi connectivity index (χ2n) is 6.72. The maximum Gasteiger partial charge on any atom is 0.438 e. The lowest BCUT2D eigenvalue weighted by Gasteiger charge is -2.17. The fraction of sp³-hybridized carbons (Fsp3) is 0.136. The lowest BCUT2D eigenvalue weighted by atomic mass is 10.1. The maximum absolute atomic E-state index is 13.3. The molecule has 4 aromatic rings. The maximum atomic E-state index is 13.3. The zero-order chi connectivity index (χ0) is 20.4. The third-order valence-electron chi connectivity index (χ3n) is 4.56. The Bertz CT molecular complexity index is 1190. The van der Waals surface area contributed by atoms with Crippen LogP contribution in [0.1, 0.15) is 22.7 Å². The van der Waals surface area contributed by atoms with E-state index in [1.54, 1.807) is 12.1 Å². The van der Waals surface area contributed by atoms with Gasteiger partial charge in [-0.05, 0) is 48.1 Å². The molecule has 0 bridgehead atoms. The molecule has 0 saturated carbocycles. The van der Waals surface area contributed by atoms with E-state index in [9.17, 15) is 9.59 Å². The Kier molecular flexibility index (Phi) is 5.14. The second-order valence-corrected chi connectivity index (χ2v) is 7.66. The second kappa shape index (κ2) is 7.89. The van der Waals surface area contributed by atoms with Gasteiger partial charge in [0.2, 0.25) is 0 Å². The van der Waals surface area contributed by atoms with Gasteiger partial charge in [-0.1, -0.05) is 48.5 Å². The summed E-state index contributed by atoms with van der Waals surface area (Å²) < 4.78 is 6.43. The Morgan fingerprint density at radius 3 is 2.62 bits per heavy atom. The Hall–Kier alpha value is -3.45. The van der Waals surface area contributed by atoms with Gasteiger partial charge in [0.05, 0.1) is 4.88 Å². The summed E-state index contributed by atoms with van der Waals surface area (Å²) in [4.78, 5) is 26.6. The molecule has 1 amide bonds. The monoisotopic (exact) mass is 405 g/mol. The van der Waals surface area contributed by atoms with Gasteiger partial charge in [-0.3, -0.25) is 4.79 Å². The van der Waals surface area contributed by atoms with Crippen LogP contribution in [0.4, 0.5) is 5.69 Å². The number of aryl methyl sites for hydroxylation is 2. The zero-order valence-corrected chi connectivity index (χ0v) is 16.8. The fourth-order valence-electron chi connectivity index (χ4n) is 3.06. The van der Waals surface area contributed by atoms with E-state index in [2.05, 4.69) is 10.4 Å². The van der Waals surface area contributed by atoms with Crippen molar-refractivity contribution in [3.05, 3.63) is 93.3 Å². The first-order chi connectivity index (χ1) is 14.0. The average molecular weight is 405 g/mol. The minimum atomic E-state index is -0.957. The van der Waals surface area contributed by atoms with Crippen molar-refractivity contribution in [3.63, 3.8) is 0 Å². The largest absolute Gasteiger partial charge is 0.438 e. The van der Waals surface area contributed by atoms with Crippen molar-refractivity contribution in [2.75, 3.05) is 5.32 Å². The lowest BCUT2D eigenvalue weighted by Crippen LogP contribution is -2.33. The predicted molar refractivity (Wildman–Crippen MR) is 113 cm³/mol. The third-order valence-corrected chi connectivity index (χ3v) is 5.42. The number of nitrogens with zero attached hydrogens (tertiary/aromatic N) is 2. The van der Waals surface area contributed by atoms with Gasteiger partial charge in [0, 0.05) is 5.69 Å². The van der Waals surface area contributed by atoms with E-state index in [1.807, 2.05) is 67.8 Å². The molecule has 29 heavy (non-hydrogen) atoms. The summed E-state index contributed by atoms with van der Waals surface area (Å²) in [7, 11) is 0. The molecule has 2 aromatic heterocycles. The molecular weight excluding hydrogens is 386 g/mol. The summed E-state index contributed by atoms with van der Waals surface area (Å²) in [5.74, 6) is -0.845. The molecule has 0 saturated heterocycles. The molecule has 4 rings (SSSR count). The summed E-state index contributed by atoms with van der Waals surface area (Å²) in [6.07, 6.45) is 0. The van der Waals surface area contributed by atoms with Crippen molar-refractivity contribution >= 4 is 22.9 Å². The number of carbonyl (C=O) groups excluding carboxylic acids is 1. The Morgan fingerprint density at radius 2 is 1.90 bits per heavy atom. The minimum Gasteiger partial charge on any atom is -0.387 e. The first-order valence-corrected chi connectivity index (χ1v) is 9.97. The smallest absolute Gasteiger partial charge is 0.387 e. The van der Waals surface area contributed by atoms with Crippen LogP contribution in [0.5, 0.6) is 0 Å². The van der Waals surface area contributed by atoms with Crippen LogP contribution in [0.25, 0.3) is 10.8 Å². The Labute approximate surface area is 171 Å². The summed E-state index contributed by atoms with van der Waals surface area (Å²) in [6.45, 7) is 3.88. The first-order valence-electron chi connectivity index (χ1n) is 9.09. The summed E-state index contributed by atoms with van der Waals surface area (Å²) in [5.41, 5.74) is 3.30. The molecule has 0 aliphatic heterocycles. The normalized spacial score (nSPS) is 11.9. The summed E-state index contributed by atoms with van der Waals surface area (Å²) in [5, 5.41) is 9.13. The van der Waals surface area contributed by atoms with Crippen LogP contribution in [0, 0.1) is 13.8 Å². The standard InChI is InChI=1S/C22H19N3O3S/c1-14-10-11-15(2)17(13-14)23-20(26)19(16-7-4-3-5-8-16)25-22(27)28-21(24-25)18-9-6-12-29-18/h3-13,19H,1-2H3,(H,23,26). The van der Waals surface area contributed by atoms with Crippen LogP contribution in [0.2, 0.25) is 0 Å². The molecule has 1 unspecified atom stereocenters. The molecule has 0 aliphatic carbocycles. The van der Waals surface area contributed by atoms with E-state index in [-0.39, 0.29) is 11.8 Å². The molecule has 6 nitrogen and oxygen atoms in total. The van der Waals surface area contributed by atoms with Crippen molar-refractivity contribution in [3.8, 4) is 10.8 Å². The highest BCUT2D eigenvalue weighted by Crippen LogP contribution is 2.25. The number of anilines is 1. The van der Waals surface area contributed by atoms with Crippen molar-refractivity contribution in [1.29, 1.82) is 0 Å². The van der Waals surface area contributed by atoms with Crippen molar-refractivity contribution in [2.24, 2.45) is 0 Å². The number of hydrogen-bond acceptors (Lipinski definition) is 5. The van der Waals surface area contributed by atoms with E-state index in [1.165, 1.54) is 11.3 Å². The lowest BCUT2D eigenvalue weighted by molar-refractivity contribution is -0.118. The summed E-state index contributed by atoms with van der Waals surface area (Å²) >= 11 is 1.41. The molecule has 2 heterocycles. The van der Waals surface area contributed by atoms with E-state index >= 15 is 0 Å². The van der Waals surface area contributed by atoms with Crippen LogP contribution in [-0.2, 0) is 4.79 Å². The average Bonchev–Trinajstić information content (AvgIpc) is 3.36. The van der Waals surface area contributed by atoms with Gasteiger partial charge in [0.1, 0.15) is 0 Å². The number of benzene rings is 2. The molecule has 7 heteroatoms. The molecule has 2 aromatic carbocycles. The van der Waals surface area contributed by atoms with Crippen LogP contribution >= 0.6 is 11.3 Å². The number of nitrogens with one attached hydrogen (secondary N) is 1. The van der Waals surface area contributed by atoms with Gasteiger partial charge in [-0.15, -0.1) is 16.4 Å². The first kappa shape index (κ1) is 18.9. The molecule has 1 N–H and O–H groups in total. The molecule has 0 spiro atoms. The highest BCUT2D eigenvalue weighted by molar-refractivity contribution is 7.13. The van der Waals surface area contributed by atoms with Gasteiger partial charge in [0.25, 0.3) is 11.8 Å². The number of rotatable bonds is 5. The molecule has 0 radical (unpaired) electrons. The van der Waals surface area contributed by atoms with Gasteiger partial charge < -0.3 is 9.73 Å². The number of hydrogen-bond donors (Lipinski definition) is 1. The molecular formula is C22H19N3O3S. The van der Waals surface area contributed by atoms with Gasteiger partial charge in [-0.25, -0.2) is 4.79 Å². The van der Waals surface area contributed by atoms with E-state index < -0.39 is 11.8 Å². The van der Waals surface area contributed by atoms with Gasteiger partial charge in [-0.2, -0.15) is 4.68 Å². The third kappa shape index (κ3) is 3.90. The molecule has 146 valence electrons. The SMILES string of the molecule is Cc1ccc(C)c(NC(=O)C(c2ccccc2)n2nc(-c3cccs3)oc2=O)c1. The topological polar surface area (TPSA) is 77.1 Å². The van der Waals surface area contributed by atoms with Gasteiger partial charge in [0.15, 0.2) is 6.04 Å². The van der Waals surface area contributed by atoms with E-state index in [4.69, 9.17) is 4.42 Å². The van der Waals surface area contributed by atoms with Crippen LogP contribution in [0.3, 0.4) is 0 Å². The quantitative estimate of drug-likeness (QED) is 0.534. The van der Waals surface area contributed by atoms with Crippen molar-refractivity contribution in [2.45, 2.75) is 19.9 Å². The molecule has 1 atom stereocenters. The van der Waals surface area contributed by atoms with E-state index in [0.29, 0.717) is 11.3 Å². The minimum absolute atomic E-state index is 0.200. The number of aromatic nitrogens is 2. The van der Waals surface area contributed by atoms with Gasteiger partial charge >= 0.3 is 5.76 Å². The van der Waals surface area contributed by atoms with Crippen molar-refractivity contribution < 1.29 is 9.21 Å². The Balaban J connectivity index is 1.76. The number of carbonyl (C=O) groups is 1. The Morgan fingerprint density at radius 1 is 1.10 bits per heavy atom. The molecule has 0 aliphatic rings. The van der Waals surface area contributed by atoms with Crippen LogP contribution in [0.15, 0.2) is 75.3 Å². The highest BCUT2D eigenvalue weighted by atomic mass is 32.1. The van der Waals surface area contributed by atoms with Crippen LogP contribution in [-0.4, -0.2) is 15.7 Å². The number of thiophene rings is 1. The zero-order valence-electron chi connectivity index (χ0n) is 16.0. The summed E-state index contributed by atoms with van der Waals surface area (Å²) in [6, 6.07) is 17.6. The highest BCUT2D eigenvalue weighted by Gasteiger charge is 2.28. The van der Waals surface area contributed by atoms with Crippen molar-refractivity contribution in [1.82, 2.24) is 9.78 Å².